The van der Waals surface area contributed by atoms with Crippen LogP contribution in [0, 0.1) is 6.92 Å². The molecule has 2 aromatic heterocycles. The Kier molecular flexibility index (Phi) is 2.49. The average molecular weight is 264 g/mol. The van der Waals surface area contributed by atoms with Crippen molar-refractivity contribution in [2.24, 2.45) is 0 Å². The van der Waals surface area contributed by atoms with E-state index in [1.54, 1.807) is 6.20 Å². The predicted octanol–water partition coefficient (Wildman–Crippen LogP) is 3.14. The molecule has 1 saturated heterocycles. The van der Waals surface area contributed by atoms with Crippen molar-refractivity contribution in [2.75, 3.05) is 18.0 Å². The topological polar surface area (TPSA) is 44.8 Å². The Balaban J connectivity index is 1.89. The molecule has 4 heteroatoms. The molecule has 0 amide bonds. The minimum atomic E-state index is 0.774. The maximum atomic E-state index is 4.30. The van der Waals surface area contributed by atoms with Crippen LogP contribution in [0.1, 0.15) is 12.0 Å². The highest BCUT2D eigenvalue weighted by Crippen LogP contribution is 2.34. The van der Waals surface area contributed by atoms with Crippen LogP contribution in [0.3, 0.4) is 0 Å². The number of nitrogens with zero attached hydrogens (tertiary/aromatic N) is 3. The molecule has 1 aliphatic heterocycles. The largest absolute Gasteiger partial charge is 0.371 e. The van der Waals surface area contributed by atoms with Crippen molar-refractivity contribution in [3.63, 3.8) is 0 Å². The molecule has 0 unspecified atom stereocenters. The standard InChI is InChI=1S/C16H16N4/c1-11-12(5-2-7-14(11)20-9-4-10-20)15-13-6-3-8-17-16(13)19-18-15/h2-3,5-8H,4,9-10H2,1H3,(H,17,18,19). The maximum absolute atomic E-state index is 4.30. The minimum absolute atomic E-state index is 0.774. The van der Waals surface area contributed by atoms with Gasteiger partial charge in [0, 0.05) is 35.9 Å². The number of fused-ring (bicyclic) bond motifs is 1. The number of hydrogen-bond donors (Lipinski definition) is 1. The van der Waals surface area contributed by atoms with Crippen LogP contribution in [0.15, 0.2) is 36.5 Å². The van der Waals surface area contributed by atoms with Gasteiger partial charge >= 0.3 is 0 Å². The Labute approximate surface area is 117 Å². The smallest absolute Gasteiger partial charge is 0.181 e. The van der Waals surface area contributed by atoms with Crippen LogP contribution in [-0.4, -0.2) is 28.3 Å². The molecular formula is C16H16N4. The van der Waals surface area contributed by atoms with E-state index in [4.69, 9.17) is 0 Å². The van der Waals surface area contributed by atoms with Gasteiger partial charge in [0.05, 0.1) is 5.69 Å². The highest BCUT2D eigenvalue weighted by atomic mass is 15.2. The van der Waals surface area contributed by atoms with E-state index in [1.165, 1.54) is 23.2 Å². The fraction of sp³-hybridized carbons (Fsp3) is 0.250. The van der Waals surface area contributed by atoms with Gasteiger partial charge in [-0.1, -0.05) is 12.1 Å². The molecule has 100 valence electrons. The lowest BCUT2D eigenvalue weighted by atomic mass is 10.00. The van der Waals surface area contributed by atoms with Crippen LogP contribution in [0.25, 0.3) is 22.3 Å². The van der Waals surface area contributed by atoms with Crippen LogP contribution >= 0.6 is 0 Å². The summed E-state index contributed by atoms with van der Waals surface area (Å²) >= 11 is 0. The Morgan fingerprint density at radius 1 is 1.15 bits per heavy atom. The number of pyridine rings is 1. The van der Waals surface area contributed by atoms with Crippen molar-refractivity contribution in [1.29, 1.82) is 0 Å². The third-order valence-corrected chi connectivity index (χ3v) is 4.10. The Morgan fingerprint density at radius 2 is 2.05 bits per heavy atom. The normalized spacial score (nSPS) is 14.6. The Morgan fingerprint density at radius 3 is 2.85 bits per heavy atom. The van der Waals surface area contributed by atoms with E-state index in [2.05, 4.69) is 51.3 Å². The summed E-state index contributed by atoms with van der Waals surface area (Å²) in [6, 6.07) is 10.5. The second-order valence-electron chi connectivity index (χ2n) is 5.26. The monoisotopic (exact) mass is 264 g/mol. The third kappa shape index (κ3) is 1.61. The van der Waals surface area contributed by atoms with E-state index in [9.17, 15) is 0 Å². The summed E-state index contributed by atoms with van der Waals surface area (Å²) < 4.78 is 0. The third-order valence-electron chi connectivity index (χ3n) is 4.10. The molecule has 4 nitrogen and oxygen atoms in total. The van der Waals surface area contributed by atoms with Crippen molar-refractivity contribution in [1.82, 2.24) is 15.2 Å². The fourth-order valence-electron chi connectivity index (χ4n) is 2.85. The quantitative estimate of drug-likeness (QED) is 0.773. The Hall–Kier alpha value is -2.36. The lowest BCUT2D eigenvalue weighted by Gasteiger charge is -2.34. The van der Waals surface area contributed by atoms with Crippen LogP contribution < -0.4 is 4.90 Å². The number of benzene rings is 1. The van der Waals surface area contributed by atoms with Gasteiger partial charge in [-0.15, -0.1) is 0 Å². The number of anilines is 1. The molecule has 1 N–H and O–H groups in total. The predicted molar refractivity (Wildman–Crippen MR) is 80.9 cm³/mol. The van der Waals surface area contributed by atoms with Crippen molar-refractivity contribution >= 4 is 16.7 Å². The van der Waals surface area contributed by atoms with E-state index in [-0.39, 0.29) is 0 Å². The van der Waals surface area contributed by atoms with Gasteiger partial charge in [-0.25, -0.2) is 4.98 Å². The van der Waals surface area contributed by atoms with E-state index in [0.29, 0.717) is 0 Å². The van der Waals surface area contributed by atoms with Gasteiger partial charge in [0.2, 0.25) is 0 Å². The van der Waals surface area contributed by atoms with Gasteiger partial charge in [0.1, 0.15) is 0 Å². The summed E-state index contributed by atoms with van der Waals surface area (Å²) in [4.78, 5) is 6.72. The summed E-state index contributed by atoms with van der Waals surface area (Å²) in [5.74, 6) is 0. The summed E-state index contributed by atoms with van der Waals surface area (Å²) in [5.41, 5.74) is 5.69. The molecule has 0 aliphatic carbocycles. The molecule has 0 atom stereocenters. The highest BCUT2D eigenvalue weighted by Gasteiger charge is 2.19. The second kappa shape index (κ2) is 4.34. The van der Waals surface area contributed by atoms with Crippen LogP contribution in [0.2, 0.25) is 0 Å². The van der Waals surface area contributed by atoms with Crippen molar-refractivity contribution in [3.05, 3.63) is 42.1 Å². The van der Waals surface area contributed by atoms with E-state index in [0.717, 1.165) is 29.8 Å². The first-order valence-electron chi connectivity index (χ1n) is 6.98. The first-order valence-corrected chi connectivity index (χ1v) is 6.98. The van der Waals surface area contributed by atoms with Gasteiger partial charge in [-0.3, -0.25) is 5.10 Å². The SMILES string of the molecule is Cc1c(-c2[nH]nc3ncccc23)cccc1N1CCC1. The van der Waals surface area contributed by atoms with Crippen LogP contribution in [0.4, 0.5) is 5.69 Å². The molecule has 1 aromatic carbocycles. The van der Waals surface area contributed by atoms with Gasteiger partial charge in [0.15, 0.2) is 5.65 Å². The molecule has 20 heavy (non-hydrogen) atoms. The second-order valence-corrected chi connectivity index (χ2v) is 5.26. The molecule has 3 heterocycles. The number of hydrogen-bond acceptors (Lipinski definition) is 3. The lowest BCUT2D eigenvalue weighted by molar-refractivity contribution is 0.616. The number of H-pyrrole nitrogens is 1. The maximum Gasteiger partial charge on any atom is 0.181 e. The number of rotatable bonds is 2. The molecule has 0 saturated carbocycles. The van der Waals surface area contributed by atoms with Crippen molar-refractivity contribution in [3.8, 4) is 11.3 Å². The average Bonchev–Trinajstić information content (AvgIpc) is 2.83. The molecule has 0 bridgehead atoms. The molecule has 1 aliphatic rings. The van der Waals surface area contributed by atoms with Crippen molar-refractivity contribution < 1.29 is 0 Å². The van der Waals surface area contributed by atoms with Crippen LogP contribution in [0.5, 0.6) is 0 Å². The number of aromatic nitrogens is 3. The molecule has 0 radical (unpaired) electrons. The van der Waals surface area contributed by atoms with Crippen molar-refractivity contribution in [2.45, 2.75) is 13.3 Å². The summed E-state index contributed by atoms with van der Waals surface area (Å²) in [6.07, 6.45) is 3.07. The van der Waals surface area contributed by atoms with Gasteiger partial charge in [-0.05, 0) is 37.1 Å². The Bertz CT molecular complexity index is 771. The summed E-state index contributed by atoms with van der Waals surface area (Å²) in [7, 11) is 0. The van der Waals surface area contributed by atoms with Gasteiger partial charge in [-0.2, -0.15) is 5.10 Å². The first-order chi connectivity index (χ1) is 9.84. The van der Waals surface area contributed by atoms with E-state index in [1.807, 2.05) is 6.07 Å². The zero-order valence-corrected chi connectivity index (χ0v) is 11.4. The van der Waals surface area contributed by atoms with E-state index >= 15 is 0 Å². The van der Waals surface area contributed by atoms with Crippen LogP contribution in [-0.2, 0) is 0 Å². The van der Waals surface area contributed by atoms with Gasteiger partial charge in [0.25, 0.3) is 0 Å². The lowest BCUT2D eigenvalue weighted by Crippen LogP contribution is -2.37. The zero-order chi connectivity index (χ0) is 13.5. The molecule has 3 aromatic rings. The first kappa shape index (κ1) is 11.5. The van der Waals surface area contributed by atoms with E-state index < -0.39 is 0 Å². The summed E-state index contributed by atoms with van der Waals surface area (Å²) in [5, 5.41) is 8.52. The van der Waals surface area contributed by atoms with Gasteiger partial charge < -0.3 is 4.90 Å². The molecular weight excluding hydrogens is 248 g/mol. The minimum Gasteiger partial charge on any atom is -0.371 e. The number of aromatic amines is 1. The molecule has 0 spiro atoms. The molecule has 1 fully saturated rings. The fourth-order valence-corrected chi connectivity index (χ4v) is 2.85. The zero-order valence-electron chi connectivity index (χ0n) is 11.4. The number of nitrogens with one attached hydrogen (secondary N) is 1. The highest BCUT2D eigenvalue weighted by molar-refractivity contribution is 5.92. The molecule has 4 rings (SSSR count). The summed E-state index contributed by atoms with van der Waals surface area (Å²) in [6.45, 7) is 4.51.